The molecule has 0 atom stereocenters. The summed E-state index contributed by atoms with van der Waals surface area (Å²) in [4.78, 5) is 35.0. The highest BCUT2D eigenvalue weighted by Gasteiger charge is 2.22. The molecule has 4 aromatic rings. The Morgan fingerprint density at radius 1 is 0.923 bits per heavy atom. The standard InChI is InChI=1S/C30H31FN4O3S/c1-38-27-15-7-6-14-26(27)33-17-19-34(20-18-33)28(36)16-8-9-21-39-30-32-24-12-4-2-10-22(24)29(37)35(30)25-13-5-3-11-23(25)31/h2-7,10-15H,8-9,16-21H2,1H3. The highest BCUT2D eigenvalue weighted by molar-refractivity contribution is 7.99. The van der Waals surface area contributed by atoms with Gasteiger partial charge < -0.3 is 14.5 Å². The van der Waals surface area contributed by atoms with Crippen molar-refractivity contribution in [1.82, 2.24) is 14.5 Å². The summed E-state index contributed by atoms with van der Waals surface area (Å²) >= 11 is 1.41. The number of fused-ring (bicyclic) bond motifs is 1. The molecule has 39 heavy (non-hydrogen) atoms. The third kappa shape index (κ3) is 5.93. The number of hydrogen-bond acceptors (Lipinski definition) is 6. The summed E-state index contributed by atoms with van der Waals surface area (Å²) in [5, 5.41) is 0.893. The lowest BCUT2D eigenvalue weighted by Crippen LogP contribution is -2.48. The van der Waals surface area contributed by atoms with E-state index in [0.29, 0.717) is 41.3 Å². The van der Waals surface area contributed by atoms with Crippen molar-refractivity contribution in [3.63, 3.8) is 0 Å². The summed E-state index contributed by atoms with van der Waals surface area (Å²) in [6.45, 7) is 2.90. The number of nitrogens with zero attached hydrogens (tertiary/aromatic N) is 4. The first kappa shape index (κ1) is 26.7. The lowest BCUT2D eigenvalue weighted by atomic mass is 10.2. The Bertz CT molecular complexity index is 1520. The molecule has 0 spiro atoms. The zero-order chi connectivity index (χ0) is 27.2. The fourth-order valence-corrected chi connectivity index (χ4v) is 5.85. The van der Waals surface area contributed by atoms with Crippen LogP contribution in [0.1, 0.15) is 19.3 Å². The van der Waals surface area contributed by atoms with Gasteiger partial charge in [0.25, 0.3) is 5.56 Å². The third-order valence-electron chi connectivity index (χ3n) is 6.91. The first-order valence-corrected chi connectivity index (χ1v) is 14.1. The van der Waals surface area contributed by atoms with Gasteiger partial charge in [0, 0.05) is 38.4 Å². The Balaban J connectivity index is 1.17. The number of halogens is 1. The van der Waals surface area contributed by atoms with E-state index in [2.05, 4.69) is 9.88 Å². The van der Waals surface area contributed by atoms with Crippen molar-refractivity contribution in [3.8, 4) is 11.4 Å². The average molecular weight is 547 g/mol. The van der Waals surface area contributed by atoms with Crippen LogP contribution in [0.2, 0.25) is 0 Å². The van der Waals surface area contributed by atoms with Crippen LogP contribution in [0.25, 0.3) is 16.6 Å². The van der Waals surface area contributed by atoms with Crippen molar-refractivity contribution >= 4 is 34.3 Å². The van der Waals surface area contributed by atoms with E-state index in [4.69, 9.17) is 4.74 Å². The number of anilines is 1. The number of thioether (sulfide) groups is 1. The van der Waals surface area contributed by atoms with Crippen molar-refractivity contribution in [3.05, 3.63) is 89.0 Å². The van der Waals surface area contributed by atoms with Crippen molar-refractivity contribution < 1.29 is 13.9 Å². The molecule has 7 nitrogen and oxygen atoms in total. The number of carbonyl (C=O) groups is 1. The molecule has 0 saturated carbocycles. The number of carbonyl (C=O) groups excluding carboxylic acids is 1. The third-order valence-corrected chi connectivity index (χ3v) is 7.94. The van der Waals surface area contributed by atoms with E-state index in [1.807, 2.05) is 35.2 Å². The first-order valence-electron chi connectivity index (χ1n) is 13.1. The van der Waals surface area contributed by atoms with Crippen molar-refractivity contribution in [2.24, 2.45) is 0 Å². The van der Waals surface area contributed by atoms with Crippen LogP contribution in [0.5, 0.6) is 5.75 Å². The SMILES string of the molecule is COc1ccccc1N1CCN(C(=O)CCCCSc2nc3ccccc3c(=O)n2-c2ccccc2F)CC1. The van der Waals surface area contributed by atoms with Crippen LogP contribution >= 0.6 is 11.8 Å². The lowest BCUT2D eigenvalue weighted by molar-refractivity contribution is -0.131. The summed E-state index contributed by atoms with van der Waals surface area (Å²) < 4.78 is 21.5. The largest absolute Gasteiger partial charge is 0.495 e. The Hall–Kier alpha value is -3.85. The maximum Gasteiger partial charge on any atom is 0.266 e. The van der Waals surface area contributed by atoms with Crippen LogP contribution in [-0.4, -0.2) is 59.4 Å². The van der Waals surface area contributed by atoms with E-state index < -0.39 is 5.82 Å². The molecule has 1 fully saturated rings. The Kier molecular flexibility index (Phi) is 8.46. The van der Waals surface area contributed by atoms with Crippen LogP contribution in [0, 0.1) is 5.82 Å². The minimum absolute atomic E-state index is 0.159. The zero-order valence-corrected chi connectivity index (χ0v) is 22.7. The highest BCUT2D eigenvalue weighted by atomic mass is 32.2. The van der Waals surface area contributed by atoms with E-state index >= 15 is 0 Å². The molecule has 1 aromatic heterocycles. The number of ether oxygens (including phenoxy) is 1. The quantitative estimate of drug-likeness (QED) is 0.164. The smallest absolute Gasteiger partial charge is 0.266 e. The maximum atomic E-state index is 14.7. The highest BCUT2D eigenvalue weighted by Crippen LogP contribution is 2.28. The molecule has 2 heterocycles. The summed E-state index contributed by atoms with van der Waals surface area (Å²) in [7, 11) is 1.67. The monoisotopic (exact) mass is 546 g/mol. The predicted molar refractivity (Wildman–Crippen MR) is 154 cm³/mol. The van der Waals surface area contributed by atoms with Gasteiger partial charge in [-0.15, -0.1) is 0 Å². The second-order valence-corrected chi connectivity index (χ2v) is 10.4. The van der Waals surface area contributed by atoms with Gasteiger partial charge in [-0.1, -0.05) is 48.2 Å². The van der Waals surface area contributed by atoms with Gasteiger partial charge in [-0.2, -0.15) is 0 Å². The molecule has 9 heteroatoms. The number of amides is 1. The van der Waals surface area contributed by atoms with Gasteiger partial charge in [0.05, 0.1) is 29.4 Å². The number of methoxy groups -OCH3 is 1. The lowest BCUT2D eigenvalue weighted by Gasteiger charge is -2.36. The fraction of sp³-hybridized carbons (Fsp3) is 0.300. The number of para-hydroxylation sites is 4. The summed E-state index contributed by atoms with van der Waals surface area (Å²) in [6.07, 6.45) is 1.98. The molecule has 1 amide bonds. The summed E-state index contributed by atoms with van der Waals surface area (Å²) in [5.41, 5.74) is 1.53. The minimum Gasteiger partial charge on any atom is -0.495 e. The Labute approximate surface area is 231 Å². The van der Waals surface area contributed by atoms with E-state index in [0.717, 1.165) is 37.4 Å². The van der Waals surface area contributed by atoms with Gasteiger partial charge in [0.2, 0.25) is 5.91 Å². The molecular weight excluding hydrogens is 515 g/mol. The summed E-state index contributed by atoms with van der Waals surface area (Å²) in [6, 6.07) is 21.3. The molecule has 1 aliphatic heterocycles. The van der Waals surface area contributed by atoms with Crippen LogP contribution in [0.4, 0.5) is 10.1 Å². The number of piperazine rings is 1. The van der Waals surface area contributed by atoms with Gasteiger partial charge in [-0.05, 0) is 49.2 Å². The number of unbranched alkanes of at least 4 members (excludes halogenated alkanes) is 1. The van der Waals surface area contributed by atoms with Crippen LogP contribution in [-0.2, 0) is 4.79 Å². The Morgan fingerprint density at radius 2 is 1.62 bits per heavy atom. The number of benzene rings is 3. The van der Waals surface area contributed by atoms with Gasteiger partial charge in [0.15, 0.2) is 5.16 Å². The van der Waals surface area contributed by atoms with Gasteiger partial charge in [-0.3, -0.25) is 14.2 Å². The number of hydrogen-bond donors (Lipinski definition) is 0. The second kappa shape index (κ2) is 12.3. The van der Waals surface area contributed by atoms with E-state index in [1.165, 1.54) is 22.4 Å². The molecule has 3 aromatic carbocycles. The van der Waals surface area contributed by atoms with Crippen LogP contribution in [0.15, 0.2) is 82.7 Å². The molecule has 202 valence electrons. The number of aromatic nitrogens is 2. The molecule has 5 rings (SSSR count). The van der Waals surface area contributed by atoms with E-state index in [1.54, 1.807) is 43.5 Å². The zero-order valence-electron chi connectivity index (χ0n) is 21.9. The average Bonchev–Trinajstić information content (AvgIpc) is 2.98. The topological polar surface area (TPSA) is 67.7 Å². The fourth-order valence-electron chi connectivity index (χ4n) is 4.84. The van der Waals surface area contributed by atoms with E-state index in [9.17, 15) is 14.0 Å². The second-order valence-electron chi connectivity index (χ2n) is 9.35. The van der Waals surface area contributed by atoms with Crippen LogP contribution in [0.3, 0.4) is 0 Å². The molecule has 1 aliphatic rings. The van der Waals surface area contributed by atoms with Crippen molar-refractivity contribution in [2.45, 2.75) is 24.4 Å². The van der Waals surface area contributed by atoms with Gasteiger partial charge >= 0.3 is 0 Å². The van der Waals surface area contributed by atoms with Crippen molar-refractivity contribution in [2.75, 3.05) is 43.9 Å². The van der Waals surface area contributed by atoms with E-state index in [-0.39, 0.29) is 17.2 Å². The van der Waals surface area contributed by atoms with Crippen LogP contribution < -0.4 is 15.2 Å². The molecule has 0 N–H and O–H groups in total. The van der Waals surface area contributed by atoms with Gasteiger partial charge in [-0.25, -0.2) is 9.37 Å². The molecule has 0 radical (unpaired) electrons. The maximum absolute atomic E-state index is 14.7. The molecule has 0 aliphatic carbocycles. The molecule has 0 unspecified atom stereocenters. The molecule has 0 bridgehead atoms. The predicted octanol–water partition coefficient (Wildman–Crippen LogP) is 5.14. The number of rotatable bonds is 9. The first-order chi connectivity index (χ1) is 19.1. The van der Waals surface area contributed by atoms with Crippen molar-refractivity contribution in [1.29, 1.82) is 0 Å². The molecule has 1 saturated heterocycles. The Morgan fingerprint density at radius 3 is 2.38 bits per heavy atom. The van der Waals surface area contributed by atoms with Gasteiger partial charge in [0.1, 0.15) is 11.6 Å². The minimum atomic E-state index is -0.477. The normalized spacial score (nSPS) is 13.6. The summed E-state index contributed by atoms with van der Waals surface area (Å²) in [5.74, 6) is 1.19. The molecular formula is C30H31FN4O3S.